The second kappa shape index (κ2) is 15.1. The molecule has 0 aromatic heterocycles. The smallest absolute Gasteiger partial charge is 0.389 e. The topological polar surface area (TPSA) is 140 Å². The molecule has 9 nitrogen and oxygen atoms in total. The average Bonchev–Trinajstić information content (AvgIpc) is 2.94. The number of nitrogen functional groups attached to an aromatic ring is 2. The third-order valence-electron chi connectivity index (χ3n) is 5.49. The number of alkyl halides is 3. The summed E-state index contributed by atoms with van der Waals surface area (Å²) < 4.78 is 57.3. The highest BCUT2D eigenvalue weighted by Gasteiger charge is 2.25. The minimum absolute atomic E-state index is 0.0195. The molecule has 0 aliphatic heterocycles. The summed E-state index contributed by atoms with van der Waals surface area (Å²) in [5.74, 6) is -1.21. The zero-order valence-corrected chi connectivity index (χ0v) is 22.4. The third-order valence-corrected chi connectivity index (χ3v) is 5.49. The Balaban J connectivity index is 1.37. The fourth-order valence-corrected chi connectivity index (χ4v) is 3.48. The molecule has 0 bridgehead atoms. The van der Waals surface area contributed by atoms with E-state index in [4.69, 9.17) is 30.4 Å². The third kappa shape index (κ3) is 11.2. The zero-order chi connectivity index (χ0) is 30.5. The Hall–Kier alpha value is -5.00. The van der Waals surface area contributed by atoms with Gasteiger partial charge in [0.1, 0.15) is 24.7 Å². The maximum Gasteiger partial charge on any atom is 0.389 e. The van der Waals surface area contributed by atoms with Gasteiger partial charge in [-0.3, -0.25) is 0 Å². The fraction of sp³-hybridized carbons (Fsp3) is 0.233. The summed E-state index contributed by atoms with van der Waals surface area (Å²) in [5, 5.41) is 0. The van der Waals surface area contributed by atoms with E-state index in [1.807, 2.05) is 0 Å². The Morgan fingerprint density at radius 1 is 0.714 bits per heavy atom. The molecule has 4 N–H and O–H groups in total. The maximum atomic E-state index is 12.4. The summed E-state index contributed by atoms with van der Waals surface area (Å²) in [6.07, 6.45) is -2.10. The van der Waals surface area contributed by atoms with Gasteiger partial charge in [-0.25, -0.2) is 14.4 Å². The highest BCUT2D eigenvalue weighted by molar-refractivity contribution is 5.92. The Labute approximate surface area is 239 Å². The molecule has 0 heterocycles. The van der Waals surface area contributed by atoms with Gasteiger partial charge in [-0.05, 0) is 79.1 Å². The van der Waals surface area contributed by atoms with Crippen molar-refractivity contribution in [1.29, 1.82) is 0 Å². The van der Waals surface area contributed by atoms with Gasteiger partial charge in [-0.15, -0.1) is 0 Å². The van der Waals surface area contributed by atoms with Crippen molar-refractivity contribution in [3.8, 4) is 11.5 Å². The maximum absolute atomic E-state index is 12.4. The van der Waals surface area contributed by atoms with Gasteiger partial charge in [0.15, 0.2) is 0 Å². The Morgan fingerprint density at radius 3 is 1.98 bits per heavy atom. The van der Waals surface area contributed by atoms with Crippen LogP contribution in [0, 0.1) is 0 Å². The normalized spacial score (nSPS) is 11.2. The molecular formula is C30H29F3N2O7. The number of ether oxygens (including phenoxy) is 4. The Kier molecular flexibility index (Phi) is 11.4. The highest BCUT2D eigenvalue weighted by atomic mass is 19.4. The van der Waals surface area contributed by atoms with Gasteiger partial charge in [-0.2, -0.15) is 13.2 Å². The largest absolute Gasteiger partial charge is 0.494 e. The van der Waals surface area contributed by atoms with Crippen LogP contribution in [0.1, 0.15) is 45.5 Å². The van der Waals surface area contributed by atoms with Crippen molar-refractivity contribution in [2.75, 3.05) is 31.3 Å². The molecule has 0 saturated carbocycles. The summed E-state index contributed by atoms with van der Waals surface area (Å²) in [5.41, 5.74) is 13.0. The van der Waals surface area contributed by atoms with Gasteiger partial charge in [0.2, 0.25) is 0 Å². The van der Waals surface area contributed by atoms with E-state index in [1.165, 1.54) is 54.6 Å². The van der Waals surface area contributed by atoms with Crippen molar-refractivity contribution in [2.45, 2.75) is 25.4 Å². The summed E-state index contributed by atoms with van der Waals surface area (Å²) in [6.45, 7) is -0.181. The minimum Gasteiger partial charge on any atom is -0.494 e. The predicted molar refractivity (Wildman–Crippen MR) is 149 cm³/mol. The van der Waals surface area contributed by atoms with Crippen LogP contribution in [0.4, 0.5) is 24.5 Å². The number of anilines is 2. The lowest BCUT2D eigenvalue weighted by molar-refractivity contribution is -0.139. The van der Waals surface area contributed by atoms with Crippen LogP contribution in [-0.4, -0.2) is 43.9 Å². The number of rotatable bonds is 13. The van der Waals surface area contributed by atoms with E-state index in [1.54, 1.807) is 24.3 Å². The van der Waals surface area contributed by atoms with E-state index >= 15 is 0 Å². The molecule has 3 aromatic rings. The molecule has 0 atom stereocenters. The van der Waals surface area contributed by atoms with E-state index < -0.39 is 30.5 Å². The molecule has 12 heteroatoms. The first-order valence-corrected chi connectivity index (χ1v) is 12.8. The van der Waals surface area contributed by atoms with Crippen LogP contribution in [0.15, 0.2) is 72.8 Å². The van der Waals surface area contributed by atoms with E-state index in [9.17, 15) is 27.6 Å². The van der Waals surface area contributed by atoms with Crippen molar-refractivity contribution in [1.82, 2.24) is 0 Å². The van der Waals surface area contributed by atoms with Crippen molar-refractivity contribution in [3.63, 3.8) is 0 Å². The summed E-state index contributed by atoms with van der Waals surface area (Å²) in [4.78, 5) is 36.4. The molecule has 0 saturated heterocycles. The second-order valence-corrected chi connectivity index (χ2v) is 8.93. The molecule has 0 radical (unpaired) electrons. The zero-order valence-electron chi connectivity index (χ0n) is 22.4. The summed E-state index contributed by atoms with van der Waals surface area (Å²) in [7, 11) is 0. The van der Waals surface area contributed by atoms with Gasteiger partial charge in [0, 0.05) is 23.9 Å². The molecule has 0 aliphatic rings. The lowest BCUT2D eigenvalue weighted by atomic mass is 10.2. The molecule has 0 amide bonds. The molecular weight excluding hydrogens is 557 g/mol. The van der Waals surface area contributed by atoms with Crippen LogP contribution in [-0.2, 0) is 14.3 Å². The van der Waals surface area contributed by atoms with Gasteiger partial charge in [-0.1, -0.05) is 12.1 Å². The Bertz CT molecular complexity index is 1370. The van der Waals surface area contributed by atoms with Crippen LogP contribution in [0.5, 0.6) is 11.5 Å². The van der Waals surface area contributed by atoms with Crippen molar-refractivity contribution >= 4 is 35.4 Å². The number of hydrogen-bond donors (Lipinski definition) is 2. The lowest BCUT2D eigenvalue weighted by Gasteiger charge is -2.09. The van der Waals surface area contributed by atoms with Crippen molar-refractivity contribution in [3.05, 3.63) is 89.5 Å². The number of esters is 3. The number of benzene rings is 3. The number of carbonyl (C=O) groups is 3. The van der Waals surface area contributed by atoms with Gasteiger partial charge in [0.05, 0.1) is 17.7 Å². The molecule has 222 valence electrons. The Morgan fingerprint density at radius 2 is 1.33 bits per heavy atom. The fourth-order valence-electron chi connectivity index (χ4n) is 3.48. The first kappa shape index (κ1) is 31.5. The molecule has 0 fully saturated rings. The molecule has 0 spiro atoms. The highest BCUT2D eigenvalue weighted by Crippen LogP contribution is 2.23. The number of unbranched alkanes of at least 4 members (excludes halogenated alkanes) is 1. The van der Waals surface area contributed by atoms with Crippen LogP contribution in [0.3, 0.4) is 0 Å². The van der Waals surface area contributed by atoms with Crippen LogP contribution < -0.4 is 20.9 Å². The quantitative estimate of drug-likeness (QED) is 0.0862. The second-order valence-electron chi connectivity index (χ2n) is 8.93. The molecule has 0 unspecified atom stereocenters. The van der Waals surface area contributed by atoms with E-state index in [0.717, 1.165) is 0 Å². The van der Waals surface area contributed by atoms with Crippen molar-refractivity contribution < 1.29 is 46.5 Å². The van der Waals surface area contributed by atoms with Crippen molar-refractivity contribution in [2.24, 2.45) is 0 Å². The van der Waals surface area contributed by atoms with Gasteiger partial charge >= 0.3 is 24.1 Å². The molecule has 3 rings (SSSR count). The molecule has 3 aromatic carbocycles. The SMILES string of the molecule is Nc1cc(N)cc(C(=O)OCCOC(=O)/C=C/c2ccc(OC(=O)c3ccc(OCCCCC(F)(F)F)cc3)cc2)c1. The van der Waals surface area contributed by atoms with E-state index in [2.05, 4.69) is 0 Å². The van der Waals surface area contributed by atoms with Crippen LogP contribution >= 0.6 is 0 Å². The number of hydrogen-bond acceptors (Lipinski definition) is 9. The standard InChI is InChI=1S/C30H29F3N2O7/c31-30(32,33)13-1-2-14-39-25-10-6-21(7-11-25)29(38)42-26-8-3-20(4-9-26)5-12-27(36)40-15-16-41-28(37)22-17-23(34)19-24(35)18-22/h3-12,17-19H,1-2,13-16,34-35H2/b12-5+. The van der Waals surface area contributed by atoms with Gasteiger partial charge < -0.3 is 30.4 Å². The summed E-state index contributed by atoms with van der Waals surface area (Å²) in [6, 6.07) is 16.7. The van der Waals surface area contributed by atoms with Gasteiger partial charge in [0.25, 0.3) is 0 Å². The number of carbonyl (C=O) groups excluding carboxylic acids is 3. The predicted octanol–water partition coefficient (Wildman–Crippen LogP) is 5.60. The van der Waals surface area contributed by atoms with Crippen LogP contribution in [0.25, 0.3) is 6.08 Å². The lowest BCUT2D eigenvalue weighted by Crippen LogP contribution is -2.13. The number of nitrogens with two attached hydrogens (primary N) is 2. The van der Waals surface area contributed by atoms with Crippen LogP contribution in [0.2, 0.25) is 0 Å². The summed E-state index contributed by atoms with van der Waals surface area (Å²) >= 11 is 0. The first-order valence-electron chi connectivity index (χ1n) is 12.8. The monoisotopic (exact) mass is 586 g/mol. The van der Waals surface area contributed by atoms with E-state index in [0.29, 0.717) is 22.7 Å². The first-order chi connectivity index (χ1) is 20.0. The minimum atomic E-state index is -4.18. The number of halogens is 3. The van der Waals surface area contributed by atoms with E-state index in [-0.39, 0.29) is 49.5 Å². The molecule has 42 heavy (non-hydrogen) atoms. The average molecular weight is 587 g/mol. The molecule has 0 aliphatic carbocycles.